The number of nitrogens with two attached hydrogens (primary N) is 1. The van der Waals surface area contributed by atoms with Gasteiger partial charge in [0.05, 0.1) is 6.04 Å². The fourth-order valence-corrected chi connectivity index (χ4v) is 1.33. The minimum absolute atomic E-state index is 0.214. The maximum Gasteiger partial charge on any atom is 0.229 e. The summed E-state index contributed by atoms with van der Waals surface area (Å²) < 4.78 is 5.11. The minimum Gasteiger partial charge on any atom is -0.339 e. The van der Waals surface area contributed by atoms with Crippen molar-refractivity contribution < 1.29 is 4.52 Å². The third-order valence-corrected chi connectivity index (χ3v) is 2.29. The lowest BCUT2D eigenvalue weighted by atomic mass is 10.1. The Morgan fingerprint density at radius 2 is 1.94 bits per heavy atom. The van der Waals surface area contributed by atoms with Gasteiger partial charge in [-0.3, -0.25) is 4.98 Å². The first-order chi connectivity index (χ1) is 7.68. The van der Waals surface area contributed by atoms with Crippen LogP contribution in [0.15, 0.2) is 29.0 Å². The maximum absolute atomic E-state index is 6.02. The molecule has 2 heterocycles. The van der Waals surface area contributed by atoms with Gasteiger partial charge in [-0.2, -0.15) is 4.98 Å². The molecule has 2 rings (SSSR count). The Bertz CT molecular complexity index is 452. The summed E-state index contributed by atoms with van der Waals surface area (Å²) in [5.74, 6) is 1.33. The predicted molar refractivity (Wildman–Crippen MR) is 58.7 cm³/mol. The van der Waals surface area contributed by atoms with Crippen LogP contribution in [0, 0.1) is 0 Å². The van der Waals surface area contributed by atoms with Gasteiger partial charge in [0.25, 0.3) is 0 Å². The molecule has 2 aromatic heterocycles. The molecule has 0 aliphatic rings. The zero-order chi connectivity index (χ0) is 11.5. The Morgan fingerprint density at radius 1 is 1.25 bits per heavy atom. The van der Waals surface area contributed by atoms with Crippen LogP contribution in [0.25, 0.3) is 0 Å². The van der Waals surface area contributed by atoms with E-state index in [0.717, 1.165) is 5.56 Å². The standard InChI is InChI=1S/C11H14N4O/c1-7(2)11-14-10(15-16-11)9(12)8-3-5-13-6-4-8/h3-7,9H,12H2,1-2H3/t9-/m1/s1. The molecule has 0 fully saturated rings. The molecule has 2 aromatic rings. The van der Waals surface area contributed by atoms with E-state index in [2.05, 4.69) is 15.1 Å². The number of pyridine rings is 1. The molecule has 16 heavy (non-hydrogen) atoms. The highest BCUT2D eigenvalue weighted by atomic mass is 16.5. The normalized spacial score (nSPS) is 13.0. The van der Waals surface area contributed by atoms with E-state index in [-0.39, 0.29) is 12.0 Å². The molecule has 0 radical (unpaired) electrons. The molecular formula is C11H14N4O. The third-order valence-electron chi connectivity index (χ3n) is 2.29. The van der Waals surface area contributed by atoms with Crippen LogP contribution >= 0.6 is 0 Å². The van der Waals surface area contributed by atoms with Gasteiger partial charge in [0.2, 0.25) is 5.89 Å². The van der Waals surface area contributed by atoms with Crippen molar-refractivity contribution >= 4 is 0 Å². The first-order valence-electron chi connectivity index (χ1n) is 5.17. The molecule has 0 saturated carbocycles. The Hall–Kier alpha value is -1.75. The van der Waals surface area contributed by atoms with E-state index in [1.54, 1.807) is 12.4 Å². The van der Waals surface area contributed by atoms with Crippen LogP contribution in [0.1, 0.15) is 43.1 Å². The summed E-state index contributed by atoms with van der Waals surface area (Å²) in [5.41, 5.74) is 6.94. The van der Waals surface area contributed by atoms with Crippen molar-refractivity contribution in [3.8, 4) is 0 Å². The Balaban J connectivity index is 2.24. The molecule has 5 heteroatoms. The molecule has 84 valence electrons. The van der Waals surface area contributed by atoms with Crippen LogP contribution in [0.4, 0.5) is 0 Å². The lowest BCUT2D eigenvalue weighted by molar-refractivity contribution is 0.359. The van der Waals surface area contributed by atoms with Crippen LogP contribution in [0.2, 0.25) is 0 Å². The lowest BCUT2D eigenvalue weighted by Gasteiger charge is -2.05. The molecule has 0 aliphatic carbocycles. The van der Waals surface area contributed by atoms with Gasteiger partial charge in [-0.25, -0.2) is 0 Å². The summed E-state index contributed by atoms with van der Waals surface area (Å²) >= 11 is 0. The van der Waals surface area contributed by atoms with Gasteiger partial charge in [0, 0.05) is 18.3 Å². The highest BCUT2D eigenvalue weighted by molar-refractivity contribution is 5.20. The van der Waals surface area contributed by atoms with Crippen LogP contribution in [0.3, 0.4) is 0 Å². The van der Waals surface area contributed by atoms with Crippen molar-refractivity contribution in [1.82, 2.24) is 15.1 Å². The fourth-order valence-electron chi connectivity index (χ4n) is 1.33. The number of hydrogen-bond acceptors (Lipinski definition) is 5. The molecule has 0 bridgehead atoms. The lowest BCUT2D eigenvalue weighted by Crippen LogP contribution is -2.13. The SMILES string of the molecule is CC(C)c1nc([C@H](N)c2ccncc2)no1. The summed E-state index contributed by atoms with van der Waals surface area (Å²) in [6, 6.07) is 3.32. The van der Waals surface area contributed by atoms with Gasteiger partial charge in [0.1, 0.15) is 0 Å². The van der Waals surface area contributed by atoms with Gasteiger partial charge in [-0.1, -0.05) is 19.0 Å². The van der Waals surface area contributed by atoms with Crippen molar-refractivity contribution in [3.05, 3.63) is 41.8 Å². The topological polar surface area (TPSA) is 77.8 Å². The monoisotopic (exact) mass is 218 g/mol. The van der Waals surface area contributed by atoms with Crippen LogP contribution in [0.5, 0.6) is 0 Å². The van der Waals surface area contributed by atoms with Crippen LogP contribution < -0.4 is 5.73 Å². The van der Waals surface area contributed by atoms with Gasteiger partial charge in [-0.05, 0) is 17.7 Å². The third kappa shape index (κ3) is 2.09. The molecular weight excluding hydrogens is 204 g/mol. The van der Waals surface area contributed by atoms with E-state index in [9.17, 15) is 0 Å². The number of nitrogens with zero attached hydrogens (tertiary/aromatic N) is 3. The Labute approximate surface area is 93.7 Å². The molecule has 1 atom stereocenters. The second-order valence-corrected chi connectivity index (χ2v) is 3.90. The largest absolute Gasteiger partial charge is 0.339 e. The minimum atomic E-state index is -0.362. The average Bonchev–Trinajstić information content (AvgIpc) is 2.78. The predicted octanol–water partition coefficient (Wildman–Crippen LogP) is 1.64. The molecule has 0 amide bonds. The average molecular weight is 218 g/mol. The number of hydrogen-bond donors (Lipinski definition) is 1. The summed E-state index contributed by atoms with van der Waals surface area (Å²) in [7, 11) is 0. The number of aromatic nitrogens is 3. The van der Waals surface area contributed by atoms with Crippen LogP contribution in [-0.4, -0.2) is 15.1 Å². The molecule has 0 aromatic carbocycles. The summed E-state index contributed by atoms with van der Waals surface area (Å²) in [6.45, 7) is 3.99. The van der Waals surface area contributed by atoms with E-state index < -0.39 is 0 Å². The Kier molecular flexibility index (Phi) is 2.96. The highest BCUT2D eigenvalue weighted by Gasteiger charge is 2.17. The van der Waals surface area contributed by atoms with E-state index >= 15 is 0 Å². The maximum atomic E-state index is 6.02. The zero-order valence-electron chi connectivity index (χ0n) is 9.29. The summed E-state index contributed by atoms with van der Waals surface area (Å²) in [5, 5.41) is 3.88. The first-order valence-corrected chi connectivity index (χ1v) is 5.17. The smallest absolute Gasteiger partial charge is 0.229 e. The number of rotatable bonds is 3. The van der Waals surface area contributed by atoms with E-state index in [1.165, 1.54) is 0 Å². The van der Waals surface area contributed by atoms with Gasteiger partial charge >= 0.3 is 0 Å². The second-order valence-electron chi connectivity index (χ2n) is 3.90. The van der Waals surface area contributed by atoms with Crippen molar-refractivity contribution in [3.63, 3.8) is 0 Å². The second kappa shape index (κ2) is 4.40. The van der Waals surface area contributed by atoms with Crippen molar-refractivity contribution in [2.45, 2.75) is 25.8 Å². The molecule has 0 saturated heterocycles. The van der Waals surface area contributed by atoms with Crippen LogP contribution in [-0.2, 0) is 0 Å². The molecule has 0 spiro atoms. The van der Waals surface area contributed by atoms with Gasteiger partial charge in [-0.15, -0.1) is 0 Å². The molecule has 0 aliphatic heterocycles. The van der Waals surface area contributed by atoms with Gasteiger partial charge < -0.3 is 10.3 Å². The molecule has 5 nitrogen and oxygen atoms in total. The zero-order valence-corrected chi connectivity index (χ0v) is 9.29. The van der Waals surface area contributed by atoms with Crippen molar-refractivity contribution in [1.29, 1.82) is 0 Å². The van der Waals surface area contributed by atoms with E-state index in [1.807, 2.05) is 26.0 Å². The quantitative estimate of drug-likeness (QED) is 0.847. The summed E-state index contributed by atoms with van der Waals surface area (Å²) in [4.78, 5) is 8.20. The Morgan fingerprint density at radius 3 is 2.50 bits per heavy atom. The van der Waals surface area contributed by atoms with E-state index in [0.29, 0.717) is 11.7 Å². The fraction of sp³-hybridized carbons (Fsp3) is 0.364. The molecule has 2 N–H and O–H groups in total. The van der Waals surface area contributed by atoms with Crippen molar-refractivity contribution in [2.24, 2.45) is 5.73 Å². The molecule has 0 unspecified atom stereocenters. The summed E-state index contributed by atoms with van der Waals surface area (Å²) in [6.07, 6.45) is 3.39. The van der Waals surface area contributed by atoms with Gasteiger partial charge in [0.15, 0.2) is 5.82 Å². The first kappa shape index (κ1) is 10.8. The highest BCUT2D eigenvalue weighted by Crippen LogP contribution is 2.18. The van der Waals surface area contributed by atoms with Crippen molar-refractivity contribution in [2.75, 3.05) is 0 Å². The van der Waals surface area contributed by atoms with E-state index in [4.69, 9.17) is 10.3 Å².